The van der Waals surface area contributed by atoms with Crippen LogP contribution in [0.5, 0.6) is 0 Å². The Bertz CT molecular complexity index is 1440. The Balaban J connectivity index is 1.22. The zero-order valence-electron chi connectivity index (χ0n) is 21.9. The lowest BCUT2D eigenvalue weighted by Gasteiger charge is -2.45. The number of ether oxygens (including phenoxy) is 1. The molecule has 1 aromatic carbocycles. The lowest BCUT2D eigenvalue weighted by Crippen LogP contribution is -2.54. The van der Waals surface area contributed by atoms with Crippen molar-refractivity contribution in [3.8, 4) is 6.07 Å². The summed E-state index contributed by atoms with van der Waals surface area (Å²) in [6, 6.07) is 10.5. The number of anilines is 1. The monoisotopic (exact) mass is 514 g/mol. The number of rotatable bonds is 3. The summed E-state index contributed by atoms with van der Waals surface area (Å²) in [5.74, 6) is 0.0877. The summed E-state index contributed by atoms with van der Waals surface area (Å²) < 4.78 is 6.75. The van der Waals surface area contributed by atoms with Gasteiger partial charge in [-0.15, -0.1) is 11.3 Å². The molecule has 3 aliphatic heterocycles. The first-order valence-electron chi connectivity index (χ1n) is 13.8. The summed E-state index contributed by atoms with van der Waals surface area (Å²) in [6.07, 6.45) is 5.85. The third-order valence-electron chi connectivity index (χ3n) is 9.47. The van der Waals surface area contributed by atoms with Gasteiger partial charge in [0, 0.05) is 53.6 Å². The summed E-state index contributed by atoms with van der Waals surface area (Å²) >= 11 is 1.42. The number of nitrogens with one attached hydrogen (secondary N) is 1. The molecule has 6 nitrogen and oxygen atoms in total. The van der Waals surface area contributed by atoms with Gasteiger partial charge in [-0.1, -0.05) is 20.8 Å². The number of hydrogen-bond acceptors (Lipinski definition) is 6. The number of morpholine rings is 1. The molecule has 2 bridgehead atoms. The van der Waals surface area contributed by atoms with Crippen molar-refractivity contribution in [3.63, 3.8) is 0 Å². The normalized spacial score (nSPS) is 25.4. The lowest BCUT2D eigenvalue weighted by molar-refractivity contribution is -0.0407. The van der Waals surface area contributed by atoms with Crippen LogP contribution in [-0.4, -0.2) is 60.1 Å². The number of aromatic nitrogens is 1. The van der Waals surface area contributed by atoms with Gasteiger partial charge in [-0.3, -0.25) is 9.69 Å². The Labute approximate surface area is 222 Å². The van der Waals surface area contributed by atoms with E-state index in [2.05, 4.69) is 53.8 Å². The van der Waals surface area contributed by atoms with Crippen LogP contribution in [0.15, 0.2) is 18.2 Å². The number of piperidine rings is 1. The molecule has 0 amide bonds. The first kappa shape index (κ1) is 23.5. The highest BCUT2D eigenvalue weighted by Crippen LogP contribution is 2.47. The fourth-order valence-corrected chi connectivity index (χ4v) is 8.53. The summed E-state index contributed by atoms with van der Waals surface area (Å²) in [4.78, 5) is 23.4. The van der Waals surface area contributed by atoms with Gasteiger partial charge in [0.15, 0.2) is 5.78 Å². The molecule has 37 heavy (non-hydrogen) atoms. The second-order valence-electron chi connectivity index (χ2n) is 11.8. The van der Waals surface area contributed by atoms with Crippen LogP contribution in [0, 0.1) is 11.3 Å². The summed E-state index contributed by atoms with van der Waals surface area (Å²) in [6.45, 7) is 10.6. The van der Waals surface area contributed by atoms with Crippen molar-refractivity contribution < 1.29 is 9.53 Å². The minimum atomic E-state index is -0.323. The van der Waals surface area contributed by atoms with Crippen LogP contribution in [0.3, 0.4) is 0 Å². The van der Waals surface area contributed by atoms with Gasteiger partial charge >= 0.3 is 0 Å². The van der Waals surface area contributed by atoms with E-state index in [4.69, 9.17) is 4.74 Å². The van der Waals surface area contributed by atoms with Crippen LogP contribution in [-0.2, 0) is 16.6 Å². The van der Waals surface area contributed by atoms with Crippen molar-refractivity contribution >= 4 is 33.0 Å². The molecule has 2 unspecified atom stereocenters. The number of fused-ring (bicyclic) bond motifs is 6. The quantitative estimate of drug-likeness (QED) is 0.509. The van der Waals surface area contributed by atoms with E-state index in [-0.39, 0.29) is 11.2 Å². The average molecular weight is 515 g/mol. The average Bonchev–Trinajstić information content (AvgIpc) is 3.55. The third kappa shape index (κ3) is 3.39. The summed E-state index contributed by atoms with van der Waals surface area (Å²) in [7, 11) is 0. The predicted molar refractivity (Wildman–Crippen MR) is 147 cm³/mol. The number of carbonyl (C=O) groups is 1. The maximum atomic E-state index is 13.9. The molecule has 0 radical (unpaired) electrons. The predicted octanol–water partition coefficient (Wildman–Crippen LogP) is 5.37. The minimum absolute atomic E-state index is 0.0877. The van der Waals surface area contributed by atoms with Crippen molar-refractivity contribution in [2.75, 3.05) is 31.2 Å². The topological polar surface area (TPSA) is 72.4 Å². The molecule has 5 heterocycles. The zero-order chi connectivity index (χ0) is 25.5. The van der Waals surface area contributed by atoms with E-state index in [9.17, 15) is 10.1 Å². The Kier molecular flexibility index (Phi) is 5.34. The largest absolute Gasteiger partial charge is 0.378 e. The van der Waals surface area contributed by atoms with E-state index in [1.807, 2.05) is 6.07 Å². The molecule has 2 aromatic heterocycles. The van der Waals surface area contributed by atoms with Gasteiger partial charge in [0.2, 0.25) is 0 Å². The van der Waals surface area contributed by atoms with Gasteiger partial charge in [-0.2, -0.15) is 5.26 Å². The molecular weight excluding hydrogens is 480 g/mol. The van der Waals surface area contributed by atoms with Crippen molar-refractivity contribution in [1.29, 1.82) is 5.26 Å². The number of nitrogens with zero attached hydrogens (tertiary/aromatic N) is 3. The smallest absolute Gasteiger partial charge is 0.196 e. The van der Waals surface area contributed by atoms with Gasteiger partial charge < -0.3 is 14.6 Å². The molecule has 7 heteroatoms. The number of ketones is 1. The number of nitriles is 1. The lowest BCUT2D eigenvalue weighted by atomic mass is 9.71. The molecule has 7 rings (SSSR count). The highest BCUT2D eigenvalue weighted by molar-refractivity contribution is 7.20. The van der Waals surface area contributed by atoms with Crippen LogP contribution in [0.2, 0.25) is 0 Å². The number of carbonyl (C=O) groups excluding carboxylic acids is 1. The van der Waals surface area contributed by atoms with Crippen molar-refractivity contribution in [2.45, 2.75) is 76.4 Å². The fourth-order valence-electron chi connectivity index (χ4n) is 7.57. The van der Waals surface area contributed by atoms with Crippen LogP contribution in [0.4, 0.5) is 5.69 Å². The fraction of sp³-hybridized carbons (Fsp3) is 0.533. The molecule has 192 valence electrons. The number of thiophene rings is 1. The first-order chi connectivity index (χ1) is 17.9. The molecule has 1 N–H and O–H groups in total. The van der Waals surface area contributed by atoms with Crippen molar-refractivity contribution in [3.05, 3.63) is 51.0 Å². The number of aromatic amines is 1. The van der Waals surface area contributed by atoms with Gasteiger partial charge in [-0.05, 0) is 61.4 Å². The highest BCUT2D eigenvalue weighted by atomic mass is 32.1. The number of hydrogen-bond donors (Lipinski definition) is 1. The van der Waals surface area contributed by atoms with Crippen molar-refractivity contribution in [1.82, 2.24) is 9.88 Å². The van der Waals surface area contributed by atoms with Crippen molar-refractivity contribution in [2.24, 2.45) is 0 Å². The first-order valence-corrected chi connectivity index (χ1v) is 14.6. The zero-order valence-corrected chi connectivity index (χ0v) is 22.7. The number of aryl methyl sites for hydroxylation is 1. The van der Waals surface area contributed by atoms with E-state index in [0.717, 1.165) is 65.3 Å². The summed E-state index contributed by atoms with van der Waals surface area (Å²) in [5, 5.41) is 9.38. The molecule has 2 atom stereocenters. The molecular formula is C30H34N4O2S. The molecule has 4 aliphatic rings. The van der Waals surface area contributed by atoms with Crippen LogP contribution in [0.1, 0.15) is 84.1 Å². The standard InChI is InChI=1S/C30H34N4O2S/c1-4-17-11-22-23(30(2,3)29-26(27(22)35)28-24(32-29)12-21(14-31)37-28)13-25(17)33-9-7-18(8-10-33)34-19-5-6-20(34)16-36-15-19/h11-13,18-20,32H,4-10,15-16H2,1-3H3. The minimum Gasteiger partial charge on any atom is -0.378 e. The maximum absolute atomic E-state index is 13.9. The Morgan fingerprint density at radius 3 is 2.51 bits per heavy atom. The van der Waals surface area contributed by atoms with Crippen LogP contribution < -0.4 is 4.90 Å². The Morgan fingerprint density at radius 2 is 1.84 bits per heavy atom. The van der Waals surface area contributed by atoms with Gasteiger partial charge in [0.25, 0.3) is 0 Å². The van der Waals surface area contributed by atoms with Gasteiger partial charge in [0.1, 0.15) is 10.9 Å². The molecule has 3 fully saturated rings. The second kappa shape index (κ2) is 8.42. The molecule has 3 aromatic rings. The van der Waals surface area contributed by atoms with Crippen LogP contribution in [0.25, 0.3) is 10.2 Å². The number of H-pyrrole nitrogens is 1. The second-order valence-corrected chi connectivity index (χ2v) is 12.8. The van der Waals surface area contributed by atoms with E-state index >= 15 is 0 Å². The van der Waals surface area contributed by atoms with E-state index in [1.54, 1.807) is 0 Å². The Hall–Kier alpha value is -2.66. The van der Waals surface area contributed by atoms with E-state index in [1.165, 1.54) is 48.3 Å². The maximum Gasteiger partial charge on any atom is 0.196 e. The van der Waals surface area contributed by atoms with Gasteiger partial charge in [0.05, 0.1) is 29.0 Å². The van der Waals surface area contributed by atoms with E-state index in [0.29, 0.717) is 23.0 Å². The molecule has 0 saturated carbocycles. The Morgan fingerprint density at radius 1 is 1.11 bits per heavy atom. The highest BCUT2D eigenvalue weighted by Gasteiger charge is 2.43. The molecule has 3 saturated heterocycles. The SMILES string of the molecule is CCc1cc2c(cc1N1CCC(N3C4CCC3COC4)CC1)C(C)(C)c1[nH]c3cc(C#N)sc3c1C2=O. The molecule has 0 spiro atoms. The molecule has 1 aliphatic carbocycles. The van der Waals surface area contributed by atoms with Crippen LogP contribution >= 0.6 is 11.3 Å². The van der Waals surface area contributed by atoms with Gasteiger partial charge in [-0.25, -0.2) is 0 Å². The number of benzene rings is 1. The van der Waals surface area contributed by atoms with E-state index < -0.39 is 0 Å². The summed E-state index contributed by atoms with van der Waals surface area (Å²) in [5.41, 5.74) is 6.81. The third-order valence-corrected chi connectivity index (χ3v) is 10.5.